The van der Waals surface area contributed by atoms with E-state index in [0.717, 1.165) is 24.3 Å². The topological polar surface area (TPSA) is 73.4 Å². The van der Waals surface area contributed by atoms with Crippen LogP contribution in [0.25, 0.3) is 11.4 Å². The minimum atomic E-state index is -4.76. The average Bonchev–Trinajstić information content (AvgIpc) is 3.29. The van der Waals surface area contributed by atoms with Gasteiger partial charge in [-0.1, -0.05) is 11.6 Å². The van der Waals surface area contributed by atoms with Gasteiger partial charge in [-0.2, -0.15) is 18.2 Å². The van der Waals surface area contributed by atoms with Gasteiger partial charge in [-0.25, -0.2) is 13.8 Å². The molecule has 0 N–H and O–H groups in total. The van der Waals surface area contributed by atoms with E-state index >= 15 is 0 Å². The van der Waals surface area contributed by atoms with Gasteiger partial charge in [-0.05, 0) is 42.6 Å². The van der Waals surface area contributed by atoms with Gasteiger partial charge in [0.15, 0.2) is 17.4 Å². The Morgan fingerprint density at radius 1 is 1.15 bits per heavy atom. The minimum Gasteiger partial charge on any atom is -0.477 e. The molecule has 13 heteroatoms. The van der Waals surface area contributed by atoms with Gasteiger partial charge in [-0.15, -0.1) is 0 Å². The molecule has 202 valence electrons. The highest BCUT2D eigenvalue weighted by Gasteiger charge is 2.33. The zero-order valence-corrected chi connectivity index (χ0v) is 21.0. The summed E-state index contributed by atoms with van der Waals surface area (Å²) in [4.78, 5) is 16.3. The van der Waals surface area contributed by atoms with Crippen LogP contribution in [0.1, 0.15) is 16.8 Å². The van der Waals surface area contributed by atoms with Gasteiger partial charge in [0.05, 0.1) is 29.1 Å². The van der Waals surface area contributed by atoms with E-state index in [-0.39, 0.29) is 24.5 Å². The molecule has 2 aromatic heterocycles. The molecule has 0 aliphatic heterocycles. The number of fused-ring (bicyclic) bond motifs is 1. The lowest BCUT2D eigenvalue weighted by Crippen LogP contribution is -2.06. The van der Waals surface area contributed by atoms with Crippen molar-refractivity contribution in [2.24, 2.45) is 9.98 Å². The Labute approximate surface area is 223 Å². The van der Waals surface area contributed by atoms with Gasteiger partial charge >= 0.3 is 6.18 Å². The second kappa shape index (κ2) is 11.6. The molecule has 0 bridgehead atoms. The molecule has 2 heterocycles. The summed E-state index contributed by atoms with van der Waals surface area (Å²) in [5.41, 5.74) is 0.404. The van der Waals surface area contributed by atoms with E-state index in [1.807, 2.05) is 0 Å². The first kappa shape index (κ1) is 27.7. The number of rotatable bonds is 9. The molecular weight excluding hydrogens is 545 g/mol. The van der Waals surface area contributed by atoms with Crippen molar-refractivity contribution >= 4 is 35.9 Å². The van der Waals surface area contributed by atoms with Gasteiger partial charge in [0.25, 0.3) is 0 Å². The van der Waals surface area contributed by atoms with E-state index < -0.39 is 39.9 Å². The van der Waals surface area contributed by atoms with Crippen LogP contribution in [0.5, 0.6) is 17.4 Å². The highest BCUT2D eigenvalue weighted by molar-refractivity contribution is 6.31. The van der Waals surface area contributed by atoms with Crippen molar-refractivity contribution in [1.29, 1.82) is 0 Å². The molecule has 0 spiro atoms. The molecule has 7 nitrogen and oxygen atoms in total. The summed E-state index contributed by atoms with van der Waals surface area (Å²) in [5.74, 6) is -2.87. The molecule has 39 heavy (non-hydrogen) atoms. The second-order valence-electron chi connectivity index (χ2n) is 7.96. The highest BCUT2D eigenvalue weighted by atomic mass is 35.5. The largest absolute Gasteiger partial charge is 0.477 e. The lowest BCUT2D eigenvalue weighted by atomic mass is 10.1. The van der Waals surface area contributed by atoms with Crippen LogP contribution >= 0.6 is 11.6 Å². The number of aromatic nitrogens is 3. The first-order valence-corrected chi connectivity index (χ1v) is 11.6. The number of hydrogen-bond acceptors (Lipinski definition) is 6. The van der Waals surface area contributed by atoms with E-state index in [2.05, 4.69) is 26.7 Å². The van der Waals surface area contributed by atoms with Crippen LogP contribution in [0.3, 0.4) is 0 Å². The first-order chi connectivity index (χ1) is 18.6. The Morgan fingerprint density at radius 3 is 2.56 bits per heavy atom. The van der Waals surface area contributed by atoms with Crippen molar-refractivity contribution < 1.29 is 31.4 Å². The molecule has 0 fully saturated rings. The van der Waals surface area contributed by atoms with E-state index in [0.29, 0.717) is 23.1 Å². The number of nitrogens with zero attached hydrogens (tertiary/aromatic N) is 5. The lowest BCUT2D eigenvalue weighted by molar-refractivity contribution is -0.137. The highest BCUT2D eigenvalue weighted by Crippen LogP contribution is 2.38. The summed E-state index contributed by atoms with van der Waals surface area (Å²) < 4.78 is 80.8. The second-order valence-corrected chi connectivity index (χ2v) is 8.37. The fourth-order valence-electron chi connectivity index (χ4n) is 3.58. The van der Waals surface area contributed by atoms with Crippen LogP contribution in [0, 0.1) is 11.6 Å². The van der Waals surface area contributed by atoms with Crippen molar-refractivity contribution in [3.8, 4) is 17.4 Å². The van der Waals surface area contributed by atoms with Gasteiger partial charge in [0.2, 0.25) is 11.7 Å². The number of ether oxygens (including phenoxy) is 2. The van der Waals surface area contributed by atoms with Gasteiger partial charge < -0.3 is 9.47 Å². The van der Waals surface area contributed by atoms with E-state index in [4.69, 9.17) is 21.1 Å². The standard InChI is InChI=1S/C26H19ClF5N5O2/c1-33-12-16(13-34-2)22-14-35-25-36-23(5-7-37(22)25)38-8-6-15-9-20(28)24(21(29)10-15)39-17-3-4-19(27)18(11-17)26(30,31)32/h3-5,7,9-14H,1,6,8H2,2H3/b16-12+,34-13?. The lowest BCUT2D eigenvalue weighted by Gasteiger charge is -2.13. The number of aliphatic imine (C=N–C) groups is 2. The average molecular weight is 564 g/mol. The van der Waals surface area contributed by atoms with E-state index in [1.165, 1.54) is 6.20 Å². The molecule has 4 rings (SSSR count). The van der Waals surface area contributed by atoms with Crippen LogP contribution in [0.2, 0.25) is 5.02 Å². The molecule has 2 aromatic carbocycles. The Hall–Kier alpha value is -4.32. The van der Waals surface area contributed by atoms with Crippen molar-refractivity contribution in [3.05, 3.63) is 88.5 Å². The predicted octanol–water partition coefficient (Wildman–Crippen LogP) is 6.84. The summed E-state index contributed by atoms with van der Waals surface area (Å²) in [6, 6.07) is 6.20. The maximum Gasteiger partial charge on any atom is 0.417 e. The third-order valence-electron chi connectivity index (χ3n) is 5.31. The van der Waals surface area contributed by atoms with Crippen LogP contribution in [0.15, 0.2) is 65.0 Å². The third kappa shape index (κ3) is 6.40. The summed E-state index contributed by atoms with van der Waals surface area (Å²) in [5, 5.41) is -0.564. The van der Waals surface area contributed by atoms with Gasteiger partial charge in [0, 0.05) is 43.7 Å². The van der Waals surface area contributed by atoms with Crippen molar-refractivity contribution in [1.82, 2.24) is 14.4 Å². The van der Waals surface area contributed by atoms with Gasteiger partial charge in [-0.3, -0.25) is 14.4 Å². The van der Waals surface area contributed by atoms with Crippen LogP contribution in [0.4, 0.5) is 22.0 Å². The molecule has 0 amide bonds. The number of halogens is 6. The summed E-state index contributed by atoms with van der Waals surface area (Å²) in [7, 11) is 1.62. The van der Waals surface area contributed by atoms with Crippen molar-refractivity contribution in [2.75, 3.05) is 13.7 Å². The number of allylic oxidation sites excluding steroid dienone is 1. The third-order valence-corrected chi connectivity index (χ3v) is 5.64. The Balaban J connectivity index is 1.44. The Kier molecular flexibility index (Phi) is 8.24. The molecule has 0 atom stereocenters. The van der Waals surface area contributed by atoms with Crippen LogP contribution in [-0.2, 0) is 12.6 Å². The zero-order chi connectivity index (χ0) is 28.2. The molecule has 0 unspecified atom stereocenters. The smallest absolute Gasteiger partial charge is 0.417 e. The molecule has 0 aliphatic carbocycles. The summed E-state index contributed by atoms with van der Waals surface area (Å²) in [6.45, 7) is 3.47. The minimum absolute atomic E-state index is 0.0238. The monoisotopic (exact) mass is 563 g/mol. The quantitative estimate of drug-likeness (QED) is 0.165. The van der Waals surface area contributed by atoms with E-state index in [9.17, 15) is 22.0 Å². The van der Waals surface area contributed by atoms with Crippen LogP contribution in [-0.4, -0.2) is 41.0 Å². The van der Waals surface area contributed by atoms with Crippen molar-refractivity contribution in [2.45, 2.75) is 12.6 Å². The molecule has 0 radical (unpaired) electrons. The normalized spacial score (nSPS) is 12.3. The maximum atomic E-state index is 14.6. The Morgan fingerprint density at radius 2 is 1.90 bits per heavy atom. The number of benzene rings is 2. The summed E-state index contributed by atoms with van der Waals surface area (Å²) in [6.07, 6.45) is 1.76. The molecule has 0 saturated carbocycles. The molecular formula is C26H19ClF5N5O2. The molecule has 4 aromatic rings. The molecule has 0 saturated heterocycles. The zero-order valence-electron chi connectivity index (χ0n) is 20.2. The molecule has 0 aliphatic rings. The van der Waals surface area contributed by atoms with Gasteiger partial charge in [0.1, 0.15) is 5.75 Å². The Bertz CT molecular complexity index is 1560. The maximum absolute atomic E-state index is 14.6. The number of hydrogen-bond donors (Lipinski definition) is 0. The SMILES string of the molecule is C=N/C=C(\C=NC)c1cnc2nc(OCCc3cc(F)c(Oc4ccc(Cl)c(C(F)(F)F)c4)c(F)c3)ccn12. The fourth-order valence-corrected chi connectivity index (χ4v) is 3.81. The van der Waals surface area contributed by atoms with E-state index in [1.54, 1.807) is 36.1 Å². The number of alkyl halides is 3. The first-order valence-electron chi connectivity index (χ1n) is 11.2. The van der Waals surface area contributed by atoms with Crippen molar-refractivity contribution in [3.63, 3.8) is 0 Å². The van der Waals surface area contributed by atoms with Crippen LogP contribution < -0.4 is 9.47 Å². The fraction of sp³-hybridized carbons (Fsp3) is 0.154. The number of imidazole rings is 1. The predicted molar refractivity (Wildman–Crippen MR) is 137 cm³/mol. The summed E-state index contributed by atoms with van der Waals surface area (Å²) >= 11 is 5.57.